The van der Waals surface area contributed by atoms with Gasteiger partial charge in [-0.25, -0.2) is 0 Å². The lowest BCUT2D eigenvalue weighted by Gasteiger charge is -2.32. The molecular formula is C24H22N2OS2. The first-order valence-corrected chi connectivity index (χ1v) is 11.9. The molecule has 1 aliphatic heterocycles. The quantitative estimate of drug-likeness (QED) is 0.489. The number of ketones is 1. The second-order valence-electron chi connectivity index (χ2n) is 7.46. The minimum Gasteiger partial charge on any atom is -0.375 e. The number of allylic oxidation sites excluding steroid dienone is 1. The van der Waals surface area contributed by atoms with E-state index in [2.05, 4.69) is 76.9 Å². The van der Waals surface area contributed by atoms with Crippen LogP contribution < -0.4 is 10.6 Å². The molecule has 5 rings (SSSR count). The van der Waals surface area contributed by atoms with E-state index in [1.54, 1.807) is 23.1 Å². The molecule has 2 N–H and O–H groups in total. The van der Waals surface area contributed by atoms with Gasteiger partial charge >= 0.3 is 0 Å². The van der Waals surface area contributed by atoms with Gasteiger partial charge < -0.3 is 10.6 Å². The zero-order chi connectivity index (χ0) is 19.8. The second-order valence-corrected chi connectivity index (χ2v) is 9.32. The first-order chi connectivity index (χ1) is 14.2. The minimum atomic E-state index is -0.223. The molecule has 3 unspecified atom stereocenters. The normalized spacial score (nSPS) is 23.1. The van der Waals surface area contributed by atoms with E-state index in [0.29, 0.717) is 6.42 Å². The third-order valence-electron chi connectivity index (χ3n) is 5.72. The molecule has 1 aliphatic carbocycles. The van der Waals surface area contributed by atoms with Crippen LogP contribution in [0.2, 0.25) is 0 Å². The second kappa shape index (κ2) is 7.73. The van der Waals surface area contributed by atoms with Crippen LogP contribution in [0.5, 0.6) is 0 Å². The number of carbonyl (C=O) groups excluding carboxylic acids is 1. The molecule has 3 nitrogen and oxygen atoms in total. The minimum absolute atomic E-state index is 0.0925. The van der Waals surface area contributed by atoms with E-state index < -0.39 is 0 Å². The number of anilines is 2. The van der Waals surface area contributed by atoms with Crippen molar-refractivity contribution < 1.29 is 4.79 Å². The average Bonchev–Trinajstić information content (AvgIpc) is 3.23. The Morgan fingerprint density at radius 2 is 1.79 bits per heavy atom. The van der Waals surface area contributed by atoms with Gasteiger partial charge in [0.25, 0.3) is 0 Å². The molecule has 3 aromatic rings. The number of thioether (sulfide) groups is 1. The largest absolute Gasteiger partial charge is 0.375 e. The summed E-state index contributed by atoms with van der Waals surface area (Å²) in [5.74, 6) is 0.206. The summed E-state index contributed by atoms with van der Waals surface area (Å²) in [4.78, 5) is 15.9. The standard InChI is InChI=1S/C24H22N2OS2/c1-28-17-10-8-15(9-11-17)24-23-20(25-18-5-2-3-6-19(18)26-24)13-16(14-21(23)27)22-7-4-12-29-22/h2-13,16,23-26H,14H2,1H3. The van der Waals surface area contributed by atoms with Crippen LogP contribution in [0, 0.1) is 5.92 Å². The van der Waals surface area contributed by atoms with Gasteiger partial charge in [0, 0.05) is 27.8 Å². The van der Waals surface area contributed by atoms with Gasteiger partial charge in [0.1, 0.15) is 5.78 Å². The van der Waals surface area contributed by atoms with Crippen molar-refractivity contribution in [2.24, 2.45) is 5.92 Å². The predicted octanol–water partition coefficient (Wildman–Crippen LogP) is 6.31. The fourth-order valence-corrected chi connectivity index (χ4v) is 5.48. The number of nitrogens with one attached hydrogen (secondary N) is 2. The van der Waals surface area contributed by atoms with Crippen LogP contribution in [-0.4, -0.2) is 12.0 Å². The molecule has 2 heterocycles. The Morgan fingerprint density at radius 3 is 2.52 bits per heavy atom. The van der Waals surface area contributed by atoms with Crippen molar-refractivity contribution in [1.29, 1.82) is 0 Å². The molecule has 0 spiro atoms. The number of hydrogen-bond acceptors (Lipinski definition) is 5. The van der Waals surface area contributed by atoms with E-state index in [4.69, 9.17) is 0 Å². The van der Waals surface area contributed by atoms with Gasteiger partial charge in [-0.2, -0.15) is 0 Å². The number of hydrogen-bond donors (Lipinski definition) is 2. The Balaban J connectivity index is 1.61. The summed E-state index contributed by atoms with van der Waals surface area (Å²) < 4.78 is 0. The molecule has 2 aromatic carbocycles. The highest BCUT2D eigenvalue weighted by atomic mass is 32.2. The van der Waals surface area contributed by atoms with Crippen LogP contribution in [0.4, 0.5) is 11.4 Å². The summed E-state index contributed by atoms with van der Waals surface area (Å²) in [7, 11) is 0. The van der Waals surface area contributed by atoms with Crippen LogP contribution in [0.3, 0.4) is 0 Å². The fraction of sp³-hybridized carbons (Fsp3) is 0.208. The lowest BCUT2D eigenvalue weighted by molar-refractivity contribution is -0.122. The van der Waals surface area contributed by atoms with E-state index in [1.165, 1.54) is 9.77 Å². The SMILES string of the molecule is CSc1ccc(C2Nc3ccccc3NC3=CC(c4cccs4)CC(=O)C32)cc1. The van der Waals surface area contributed by atoms with Crippen LogP contribution in [0.1, 0.15) is 28.8 Å². The summed E-state index contributed by atoms with van der Waals surface area (Å²) in [6.45, 7) is 0. The highest BCUT2D eigenvalue weighted by Gasteiger charge is 2.39. The maximum Gasteiger partial charge on any atom is 0.145 e. The van der Waals surface area contributed by atoms with E-state index >= 15 is 0 Å². The van der Waals surface area contributed by atoms with Crippen molar-refractivity contribution in [1.82, 2.24) is 0 Å². The molecular weight excluding hydrogens is 396 g/mol. The molecule has 0 saturated carbocycles. The molecule has 5 heteroatoms. The Bertz CT molecular complexity index is 1060. The summed E-state index contributed by atoms with van der Waals surface area (Å²) in [6, 6.07) is 20.9. The van der Waals surface area contributed by atoms with Gasteiger partial charge in [-0.15, -0.1) is 23.1 Å². The number of para-hydroxylation sites is 2. The Hall–Kier alpha value is -2.50. The predicted molar refractivity (Wildman–Crippen MR) is 123 cm³/mol. The van der Waals surface area contributed by atoms with Gasteiger partial charge in [-0.1, -0.05) is 36.4 Å². The summed E-state index contributed by atoms with van der Waals surface area (Å²) in [5.41, 5.74) is 4.20. The van der Waals surface area contributed by atoms with Crippen molar-refractivity contribution >= 4 is 40.3 Å². The maximum absolute atomic E-state index is 13.4. The Labute approximate surface area is 179 Å². The number of benzene rings is 2. The monoisotopic (exact) mass is 418 g/mol. The third-order valence-corrected chi connectivity index (χ3v) is 7.47. The molecule has 0 bridgehead atoms. The molecule has 1 aromatic heterocycles. The Morgan fingerprint density at radius 1 is 1.00 bits per heavy atom. The van der Waals surface area contributed by atoms with Crippen LogP contribution >= 0.6 is 23.1 Å². The lowest BCUT2D eigenvalue weighted by Crippen LogP contribution is -2.33. The average molecular weight is 419 g/mol. The molecule has 146 valence electrons. The number of thiophene rings is 1. The molecule has 2 aliphatic rings. The number of rotatable bonds is 3. The van der Waals surface area contributed by atoms with E-state index in [-0.39, 0.29) is 23.7 Å². The molecule has 29 heavy (non-hydrogen) atoms. The molecule has 0 amide bonds. The lowest BCUT2D eigenvalue weighted by atomic mass is 9.78. The van der Waals surface area contributed by atoms with Crippen molar-refractivity contribution in [2.75, 3.05) is 16.9 Å². The van der Waals surface area contributed by atoms with Gasteiger partial charge in [0.05, 0.1) is 23.3 Å². The van der Waals surface area contributed by atoms with E-state index in [1.807, 2.05) is 12.1 Å². The van der Waals surface area contributed by atoms with Crippen molar-refractivity contribution in [3.05, 3.63) is 88.3 Å². The Kier molecular flexibility index (Phi) is 4.94. The first kappa shape index (κ1) is 18.5. The zero-order valence-electron chi connectivity index (χ0n) is 16.1. The van der Waals surface area contributed by atoms with Gasteiger partial charge in [0.2, 0.25) is 0 Å². The van der Waals surface area contributed by atoms with Crippen molar-refractivity contribution in [3.8, 4) is 0 Å². The molecule has 0 fully saturated rings. The van der Waals surface area contributed by atoms with Gasteiger partial charge in [-0.3, -0.25) is 4.79 Å². The van der Waals surface area contributed by atoms with Crippen molar-refractivity contribution in [3.63, 3.8) is 0 Å². The van der Waals surface area contributed by atoms with Gasteiger partial charge in [-0.05, 0) is 47.5 Å². The fourth-order valence-electron chi connectivity index (χ4n) is 4.28. The molecule has 3 atom stereocenters. The maximum atomic E-state index is 13.4. The van der Waals surface area contributed by atoms with Crippen LogP contribution in [-0.2, 0) is 4.79 Å². The summed E-state index contributed by atoms with van der Waals surface area (Å²) in [6.07, 6.45) is 4.90. The van der Waals surface area contributed by atoms with Gasteiger partial charge in [0.15, 0.2) is 0 Å². The third kappa shape index (κ3) is 3.49. The van der Waals surface area contributed by atoms with Crippen molar-refractivity contribution in [2.45, 2.75) is 23.3 Å². The van der Waals surface area contributed by atoms with Crippen LogP contribution in [0.15, 0.2) is 82.7 Å². The van der Waals surface area contributed by atoms with E-state index in [0.717, 1.165) is 22.6 Å². The summed E-state index contributed by atoms with van der Waals surface area (Å²) >= 11 is 3.45. The van der Waals surface area contributed by atoms with E-state index in [9.17, 15) is 4.79 Å². The topological polar surface area (TPSA) is 41.1 Å². The number of carbonyl (C=O) groups is 1. The van der Waals surface area contributed by atoms with Crippen LogP contribution in [0.25, 0.3) is 0 Å². The highest BCUT2D eigenvalue weighted by Crippen LogP contribution is 2.45. The number of Topliss-reactive ketones (excluding diaryl/α,β-unsaturated/α-hetero) is 1. The summed E-state index contributed by atoms with van der Waals surface area (Å²) in [5, 5.41) is 9.33. The molecule has 0 radical (unpaired) electrons. The zero-order valence-corrected chi connectivity index (χ0v) is 17.7. The molecule has 0 saturated heterocycles. The first-order valence-electron chi connectivity index (χ1n) is 9.77. The highest BCUT2D eigenvalue weighted by molar-refractivity contribution is 7.98. The number of fused-ring (bicyclic) bond motifs is 2. The smallest absolute Gasteiger partial charge is 0.145 e.